The second kappa shape index (κ2) is 8.51. The van der Waals surface area contributed by atoms with Crippen molar-refractivity contribution in [2.75, 3.05) is 53.5 Å². The van der Waals surface area contributed by atoms with Gasteiger partial charge in [-0.1, -0.05) is 13.3 Å². The fourth-order valence-electron chi connectivity index (χ4n) is 2.52. The molecule has 1 unspecified atom stereocenters. The predicted octanol–water partition coefficient (Wildman–Crippen LogP) is 0.461. The van der Waals surface area contributed by atoms with Crippen LogP contribution in [0.4, 0.5) is 0 Å². The molecule has 5 heteroatoms. The summed E-state index contributed by atoms with van der Waals surface area (Å²) in [7, 11) is 4.04. The highest BCUT2D eigenvalue weighted by Crippen LogP contribution is 2.31. The first-order valence-electron chi connectivity index (χ1n) is 7.32. The van der Waals surface area contributed by atoms with Crippen LogP contribution in [0.3, 0.4) is 0 Å². The van der Waals surface area contributed by atoms with Gasteiger partial charge in [-0.2, -0.15) is 0 Å². The molecule has 0 saturated carbocycles. The molecule has 0 radical (unpaired) electrons. The Labute approximate surface area is 117 Å². The summed E-state index contributed by atoms with van der Waals surface area (Å²) in [5.41, 5.74) is -0.182. The largest absolute Gasteiger partial charge is 0.378 e. The predicted molar refractivity (Wildman–Crippen MR) is 77.2 cm³/mol. The zero-order valence-electron chi connectivity index (χ0n) is 12.6. The summed E-state index contributed by atoms with van der Waals surface area (Å²) in [5.74, 6) is 0.190. The summed E-state index contributed by atoms with van der Waals surface area (Å²) >= 11 is 0. The molecule has 1 heterocycles. The molecule has 2 N–H and O–H groups in total. The van der Waals surface area contributed by atoms with Crippen molar-refractivity contribution >= 4 is 5.91 Å². The van der Waals surface area contributed by atoms with Crippen LogP contribution >= 0.6 is 0 Å². The maximum Gasteiger partial charge on any atom is 0.227 e. The molecule has 112 valence electrons. The molecule has 1 aliphatic rings. The van der Waals surface area contributed by atoms with Gasteiger partial charge in [0, 0.05) is 19.6 Å². The number of likely N-dealkylation sites (N-methyl/N-ethyl adjacent to an activating group) is 1. The highest BCUT2D eigenvalue weighted by molar-refractivity contribution is 5.83. The van der Waals surface area contributed by atoms with E-state index in [-0.39, 0.29) is 11.3 Å². The van der Waals surface area contributed by atoms with Crippen LogP contribution in [0.5, 0.6) is 0 Å². The van der Waals surface area contributed by atoms with E-state index in [1.54, 1.807) is 0 Å². The van der Waals surface area contributed by atoms with Crippen LogP contribution in [0.15, 0.2) is 0 Å². The zero-order chi connectivity index (χ0) is 14.1. The second-order valence-corrected chi connectivity index (χ2v) is 5.63. The molecule has 0 spiro atoms. The van der Waals surface area contributed by atoms with Crippen molar-refractivity contribution in [2.45, 2.75) is 26.2 Å². The van der Waals surface area contributed by atoms with Gasteiger partial charge in [0.2, 0.25) is 5.91 Å². The average molecular weight is 271 g/mol. The Hall–Kier alpha value is -0.650. The van der Waals surface area contributed by atoms with E-state index in [0.29, 0.717) is 19.8 Å². The van der Waals surface area contributed by atoms with Gasteiger partial charge >= 0.3 is 0 Å². The van der Waals surface area contributed by atoms with Gasteiger partial charge in [-0.05, 0) is 33.5 Å². The van der Waals surface area contributed by atoms with E-state index < -0.39 is 0 Å². The maximum atomic E-state index is 12.3. The SMILES string of the molecule is CCCC1(C(=O)NCCOCCN(C)C)CCNC1. The lowest BCUT2D eigenvalue weighted by molar-refractivity contribution is -0.130. The molecule has 19 heavy (non-hydrogen) atoms. The van der Waals surface area contributed by atoms with Crippen LogP contribution in [0.2, 0.25) is 0 Å². The topological polar surface area (TPSA) is 53.6 Å². The van der Waals surface area contributed by atoms with Gasteiger partial charge in [0.25, 0.3) is 0 Å². The Morgan fingerprint density at radius 2 is 2.21 bits per heavy atom. The summed E-state index contributed by atoms with van der Waals surface area (Å²) < 4.78 is 5.48. The van der Waals surface area contributed by atoms with Gasteiger partial charge in [0.15, 0.2) is 0 Å². The third-order valence-electron chi connectivity index (χ3n) is 3.67. The van der Waals surface area contributed by atoms with Crippen molar-refractivity contribution in [3.05, 3.63) is 0 Å². The van der Waals surface area contributed by atoms with E-state index in [9.17, 15) is 4.79 Å². The quantitative estimate of drug-likeness (QED) is 0.598. The van der Waals surface area contributed by atoms with Crippen LogP contribution in [0.1, 0.15) is 26.2 Å². The average Bonchev–Trinajstić information content (AvgIpc) is 2.83. The Kier molecular flexibility index (Phi) is 7.34. The number of hydrogen-bond acceptors (Lipinski definition) is 4. The fourth-order valence-corrected chi connectivity index (χ4v) is 2.52. The molecule has 1 atom stereocenters. The molecule has 5 nitrogen and oxygen atoms in total. The van der Waals surface area contributed by atoms with E-state index in [2.05, 4.69) is 22.5 Å². The zero-order valence-corrected chi connectivity index (χ0v) is 12.6. The lowest BCUT2D eigenvalue weighted by Gasteiger charge is -2.26. The molecular formula is C14H29N3O2. The first-order valence-corrected chi connectivity index (χ1v) is 7.32. The van der Waals surface area contributed by atoms with E-state index in [1.807, 2.05) is 14.1 Å². The molecule has 0 aromatic heterocycles. The summed E-state index contributed by atoms with van der Waals surface area (Å²) in [6.45, 7) is 6.73. The number of carbonyl (C=O) groups excluding carboxylic acids is 1. The number of carbonyl (C=O) groups is 1. The molecule has 0 aliphatic carbocycles. The summed E-state index contributed by atoms with van der Waals surface area (Å²) in [4.78, 5) is 14.4. The monoisotopic (exact) mass is 271 g/mol. The van der Waals surface area contributed by atoms with E-state index in [1.165, 1.54) is 0 Å². The molecule has 1 fully saturated rings. The number of hydrogen-bond donors (Lipinski definition) is 2. The smallest absolute Gasteiger partial charge is 0.227 e. The van der Waals surface area contributed by atoms with Crippen molar-refractivity contribution in [2.24, 2.45) is 5.41 Å². The molecular weight excluding hydrogens is 242 g/mol. The fraction of sp³-hybridized carbons (Fsp3) is 0.929. The van der Waals surface area contributed by atoms with Crippen molar-refractivity contribution in [3.63, 3.8) is 0 Å². The first kappa shape index (κ1) is 16.4. The van der Waals surface area contributed by atoms with Gasteiger partial charge in [-0.3, -0.25) is 4.79 Å². The van der Waals surface area contributed by atoms with E-state index >= 15 is 0 Å². The van der Waals surface area contributed by atoms with E-state index in [4.69, 9.17) is 4.74 Å². The van der Waals surface area contributed by atoms with E-state index in [0.717, 1.165) is 38.9 Å². The maximum absolute atomic E-state index is 12.3. The number of ether oxygens (including phenoxy) is 1. The highest BCUT2D eigenvalue weighted by atomic mass is 16.5. The van der Waals surface area contributed by atoms with Gasteiger partial charge in [0.05, 0.1) is 18.6 Å². The molecule has 1 saturated heterocycles. The lowest BCUT2D eigenvalue weighted by Crippen LogP contribution is -2.43. The normalized spacial score (nSPS) is 22.9. The highest BCUT2D eigenvalue weighted by Gasteiger charge is 2.39. The van der Waals surface area contributed by atoms with Crippen LogP contribution in [0.25, 0.3) is 0 Å². The third-order valence-corrected chi connectivity index (χ3v) is 3.67. The van der Waals surface area contributed by atoms with Crippen LogP contribution < -0.4 is 10.6 Å². The summed E-state index contributed by atoms with van der Waals surface area (Å²) in [6, 6.07) is 0. The summed E-state index contributed by atoms with van der Waals surface area (Å²) in [6.07, 6.45) is 2.97. The minimum atomic E-state index is -0.182. The van der Waals surface area contributed by atoms with Gasteiger partial charge < -0.3 is 20.3 Å². The molecule has 1 amide bonds. The molecule has 1 aliphatic heterocycles. The molecule has 0 bridgehead atoms. The molecule has 1 rings (SSSR count). The Balaban J connectivity index is 2.18. The van der Waals surface area contributed by atoms with Gasteiger partial charge in [-0.15, -0.1) is 0 Å². The van der Waals surface area contributed by atoms with Crippen LogP contribution in [0, 0.1) is 5.41 Å². The Morgan fingerprint density at radius 3 is 2.79 bits per heavy atom. The third kappa shape index (κ3) is 5.47. The van der Waals surface area contributed by atoms with Gasteiger partial charge in [0.1, 0.15) is 0 Å². The van der Waals surface area contributed by atoms with Gasteiger partial charge in [-0.25, -0.2) is 0 Å². The standard InChI is InChI=1S/C14H29N3O2/c1-4-5-14(6-7-15-12-14)13(18)16-8-10-19-11-9-17(2)3/h15H,4-12H2,1-3H3,(H,16,18). The Morgan fingerprint density at radius 1 is 1.42 bits per heavy atom. The Bertz CT molecular complexity index is 263. The number of rotatable bonds is 9. The molecule has 0 aromatic rings. The van der Waals surface area contributed by atoms with Crippen LogP contribution in [-0.2, 0) is 9.53 Å². The van der Waals surface area contributed by atoms with Crippen molar-refractivity contribution in [3.8, 4) is 0 Å². The number of amides is 1. The second-order valence-electron chi connectivity index (χ2n) is 5.63. The minimum Gasteiger partial charge on any atom is -0.378 e. The first-order chi connectivity index (χ1) is 9.10. The van der Waals surface area contributed by atoms with Crippen molar-refractivity contribution < 1.29 is 9.53 Å². The van der Waals surface area contributed by atoms with Crippen molar-refractivity contribution in [1.82, 2.24) is 15.5 Å². The lowest BCUT2D eigenvalue weighted by atomic mass is 9.81. The number of nitrogens with one attached hydrogen (secondary N) is 2. The number of nitrogens with zero attached hydrogens (tertiary/aromatic N) is 1. The minimum absolute atomic E-state index is 0.182. The molecule has 0 aromatic carbocycles. The summed E-state index contributed by atoms with van der Waals surface area (Å²) in [5, 5.41) is 6.33. The van der Waals surface area contributed by atoms with Crippen molar-refractivity contribution in [1.29, 1.82) is 0 Å². The van der Waals surface area contributed by atoms with Crippen LogP contribution in [-0.4, -0.2) is 64.3 Å².